The summed E-state index contributed by atoms with van der Waals surface area (Å²) in [5, 5.41) is 3.23. The molecule has 2 aromatic rings. The van der Waals surface area contributed by atoms with Crippen molar-refractivity contribution in [3.63, 3.8) is 0 Å². The minimum atomic E-state index is -0.109. The first-order valence-corrected chi connectivity index (χ1v) is 13.3. The third kappa shape index (κ3) is 6.38. The average molecular weight is 495 g/mol. The van der Waals surface area contributed by atoms with Gasteiger partial charge in [0.05, 0.1) is 17.1 Å². The van der Waals surface area contributed by atoms with Crippen molar-refractivity contribution >= 4 is 28.8 Å². The Morgan fingerprint density at radius 2 is 1.94 bits per heavy atom. The molecule has 3 N–H and O–H groups in total. The number of hydrogen-bond donors (Lipinski definition) is 2. The van der Waals surface area contributed by atoms with Crippen molar-refractivity contribution in [1.82, 2.24) is 25.1 Å². The Bertz CT molecular complexity index is 1040. The van der Waals surface area contributed by atoms with Gasteiger partial charge in [-0.3, -0.25) is 24.7 Å². The van der Waals surface area contributed by atoms with E-state index in [1.54, 1.807) is 19.4 Å². The summed E-state index contributed by atoms with van der Waals surface area (Å²) >= 11 is 0. The summed E-state index contributed by atoms with van der Waals surface area (Å²) in [6, 6.07) is 4.20. The highest BCUT2D eigenvalue weighted by Crippen LogP contribution is 2.33. The number of amides is 1. The molecule has 2 unspecified atom stereocenters. The number of fused-ring (bicyclic) bond motifs is 1. The molecule has 4 rings (SSSR count). The van der Waals surface area contributed by atoms with Crippen LogP contribution < -0.4 is 16.0 Å². The van der Waals surface area contributed by atoms with E-state index in [0.717, 1.165) is 80.8 Å². The third-order valence-electron chi connectivity index (χ3n) is 7.65. The second kappa shape index (κ2) is 12.6. The maximum Gasteiger partial charge on any atom is 0.224 e. The highest BCUT2D eigenvalue weighted by atomic mass is 16.1. The lowest BCUT2D eigenvalue weighted by Gasteiger charge is -2.41. The molecule has 1 aromatic carbocycles. The van der Waals surface area contributed by atoms with Crippen molar-refractivity contribution in [2.24, 2.45) is 22.6 Å². The zero-order valence-electron chi connectivity index (χ0n) is 22.1. The summed E-state index contributed by atoms with van der Waals surface area (Å²) in [4.78, 5) is 33.9. The Kier molecular flexibility index (Phi) is 9.23. The molecular weight excluding hydrogens is 452 g/mol. The van der Waals surface area contributed by atoms with E-state index in [-0.39, 0.29) is 23.8 Å². The fourth-order valence-corrected chi connectivity index (χ4v) is 5.52. The van der Waals surface area contributed by atoms with Gasteiger partial charge < -0.3 is 20.9 Å². The lowest BCUT2D eigenvalue weighted by Crippen LogP contribution is -2.52. The van der Waals surface area contributed by atoms with E-state index in [9.17, 15) is 4.79 Å². The number of likely N-dealkylation sites (N-methyl/N-ethyl adjacent to an activating group) is 1. The lowest BCUT2D eigenvalue weighted by molar-refractivity contribution is -0.125. The number of nitrogens with zero attached hydrogens (tertiary/aromatic N) is 6. The molecule has 2 fully saturated rings. The fraction of sp³-hybridized carbons (Fsp3) is 0.630. The zero-order chi connectivity index (χ0) is 25.5. The molecule has 0 radical (unpaired) electrons. The Morgan fingerprint density at radius 3 is 2.67 bits per heavy atom. The molecule has 9 nitrogen and oxygen atoms in total. The highest BCUT2D eigenvalue weighted by Gasteiger charge is 2.35. The van der Waals surface area contributed by atoms with E-state index in [1.807, 2.05) is 12.3 Å². The predicted molar refractivity (Wildman–Crippen MR) is 147 cm³/mol. The second-order valence-electron chi connectivity index (χ2n) is 10.3. The maximum atomic E-state index is 13.3. The zero-order valence-corrected chi connectivity index (χ0v) is 22.1. The topological polar surface area (TPSA) is 103 Å². The number of aliphatic imine (C=N–C) groups is 1. The first kappa shape index (κ1) is 26.4. The summed E-state index contributed by atoms with van der Waals surface area (Å²) in [6.45, 7) is 9.51. The lowest BCUT2D eigenvalue weighted by atomic mass is 9.82. The van der Waals surface area contributed by atoms with Gasteiger partial charge in [0.15, 0.2) is 0 Å². The number of piperazine rings is 1. The van der Waals surface area contributed by atoms with Crippen molar-refractivity contribution < 1.29 is 4.79 Å². The van der Waals surface area contributed by atoms with Crippen LogP contribution in [0.2, 0.25) is 0 Å². The first-order valence-electron chi connectivity index (χ1n) is 13.3. The smallest absolute Gasteiger partial charge is 0.224 e. The molecule has 0 spiro atoms. The van der Waals surface area contributed by atoms with Crippen LogP contribution in [0.5, 0.6) is 0 Å². The van der Waals surface area contributed by atoms with Gasteiger partial charge in [0.1, 0.15) is 5.52 Å². The Morgan fingerprint density at radius 1 is 1.19 bits per heavy atom. The normalized spacial score (nSPS) is 22.8. The molecule has 2 aliphatic rings. The number of anilines is 1. The Hall–Kier alpha value is -2.62. The highest BCUT2D eigenvalue weighted by molar-refractivity contribution is 6.01. The summed E-state index contributed by atoms with van der Waals surface area (Å²) in [6.07, 6.45) is 8.08. The number of aromatic nitrogens is 2. The van der Waals surface area contributed by atoms with E-state index in [1.165, 1.54) is 0 Å². The van der Waals surface area contributed by atoms with E-state index in [2.05, 4.69) is 55.0 Å². The molecule has 9 heteroatoms. The SMILES string of the molecule is CCCC(N)[C@H]1CC(C(=O)NCCN2CCN(C)CC2)CN(c2ccc(/C=N\C)c3nccnc23)C1. The van der Waals surface area contributed by atoms with Gasteiger partial charge in [-0.15, -0.1) is 0 Å². The monoisotopic (exact) mass is 494 g/mol. The van der Waals surface area contributed by atoms with Crippen LogP contribution in [0.3, 0.4) is 0 Å². The van der Waals surface area contributed by atoms with Crippen molar-refractivity contribution in [2.45, 2.75) is 32.2 Å². The van der Waals surface area contributed by atoms with Crippen LogP contribution >= 0.6 is 0 Å². The van der Waals surface area contributed by atoms with Gasteiger partial charge in [0.2, 0.25) is 5.91 Å². The number of carbonyl (C=O) groups is 1. The minimum absolute atomic E-state index is 0.0716. The molecule has 0 saturated carbocycles. The van der Waals surface area contributed by atoms with Crippen molar-refractivity contribution in [2.75, 3.05) is 71.4 Å². The summed E-state index contributed by atoms with van der Waals surface area (Å²) in [5.41, 5.74) is 10.3. The first-order chi connectivity index (χ1) is 17.5. The van der Waals surface area contributed by atoms with Crippen molar-refractivity contribution in [3.8, 4) is 0 Å². The van der Waals surface area contributed by atoms with Crippen LogP contribution in [-0.2, 0) is 4.79 Å². The minimum Gasteiger partial charge on any atom is -0.369 e. The molecule has 2 saturated heterocycles. The molecule has 1 amide bonds. The van der Waals surface area contributed by atoms with Crippen LogP contribution in [0.1, 0.15) is 31.7 Å². The second-order valence-corrected chi connectivity index (χ2v) is 10.3. The van der Waals surface area contributed by atoms with Crippen molar-refractivity contribution in [1.29, 1.82) is 0 Å². The summed E-state index contributed by atoms with van der Waals surface area (Å²) in [7, 11) is 3.92. The molecule has 36 heavy (non-hydrogen) atoms. The predicted octanol–water partition coefficient (Wildman–Crippen LogP) is 1.61. The standard InChI is InChI=1S/C27H42N8O/c1-4-5-23(28)21-16-22(27(36)32-10-11-34-14-12-33(3)13-15-34)19-35(18-21)24-7-6-20(17-29-2)25-26(24)31-9-8-30-25/h6-9,17,21-23H,4-5,10-16,18-19,28H2,1-3H3,(H,32,36)/b29-17-/t21-,22?,23?/m0/s1. The van der Waals surface area contributed by atoms with Gasteiger partial charge in [-0.25, -0.2) is 0 Å². The molecule has 3 atom stereocenters. The number of carbonyl (C=O) groups excluding carboxylic acids is 1. The van der Waals surface area contributed by atoms with Gasteiger partial charge in [0.25, 0.3) is 0 Å². The van der Waals surface area contributed by atoms with Gasteiger partial charge in [-0.05, 0) is 37.9 Å². The third-order valence-corrected chi connectivity index (χ3v) is 7.65. The van der Waals surface area contributed by atoms with E-state index >= 15 is 0 Å². The summed E-state index contributed by atoms with van der Waals surface area (Å²) in [5.74, 6) is 0.270. The number of nitrogens with one attached hydrogen (secondary N) is 1. The number of rotatable bonds is 9. The summed E-state index contributed by atoms with van der Waals surface area (Å²) < 4.78 is 0. The Labute approximate surface area is 215 Å². The molecule has 2 aliphatic heterocycles. The van der Waals surface area contributed by atoms with Crippen LogP contribution in [0.25, 0.3) is 11.0 Å². The molecule has 3 heterocycles. The molecule has 0 bridgehead atoms. The van der Waals surface area contributed by atoms with E-state index < -0.39 is 0 Å². The maximum absolute atomic E-state index is 13.3. The van der Waals surface area contributed by atoms with Crippen LogP contribution in [0.15, 0.2) is 29.5 Å². The van der Waals surface area contributed by atoms with Crippen LogP contribution in [-0.4, -0.2) is 104 Å². The quantitative estimate of drug-likeness (QED) is 0.511. The fourth-order valence-electron chi connectivity index (χ4n) is 5.52. The van der Waals surface area contributed by atoms with Gasteiger partial charge >= 0.3 is 0 Å². The Balaban J connectivity index is 1.50. The van der Waals surface area contributed by atoms with Crippen LogP contribution in [0.4, 0.5) is 5.69 Å². The average Bonchev–Trinajstić information content (AvgIpc) is 2.90. The van der Waals surface area contributed by atoms with E-state index in [4.69, 9.17) is 5.73 Å². The number of hydrogen-bond acceptors (Lipinski definition) is 8. The van der Waals surface area contributed by atoms with Crippen LogP contribution in [0, 0.1) is 11.8 Å². The molecular formula is C27H42N8O. The molecule has 196 valence electrons. The number of nitrogens with two attached hydrogens (primary N) is 1. The van der Waals surface area contributed by atoms with Gasteiger partial charge in [0, 0.05) is 89.6 Å². The van der Waals surface area contributed by atoms with Gasteiger partial charge in [-0.1, -0.05) is 13.3 Å². The van der Waals surface area contributed by atoms with E-state index in [0.29, 0.717) is 13.1 Å². The molecule has 1 aromatic heterocycles. The number of piperidine rings is 1. The molecule has 0 aliphatic carbocycles. The number of benzene rings is 1. The van der Waals surface area contributed by atoms with Gasteiger partial charge in [-0.2, -0.15) is 0 Å². The van der Waals surface area contributed by atoms with Crippen molar-refractivity contribution in [3.05, 3.63) is 30.1 Å². The largest absolute Gasteiger partial charge is 0.369 e.